The van der Waals surface area contributed by atoms with Crippen molar-refractivity contribution in [3.63, 3.8) is 0 Å². The highest BCUT2D eigenvalue weighted by atomic mass is 19.4. The number of halogens is 3. The molecule has 0 radical (unpaired) electrons. The third-order valence-electron chi connectivity index (χ3n) is 6.96. The summed E-state index contributed by atoms with van der Waals surface area (Å²) in [7, 11) is 0. The number of fused-ring (bicyclic) bond motifs is 1. The number of pyridine rings is 1. The highest BCUT2D eigenvalue weighted by Gasteiger charge is 2.40. The van der Waals surface area contributed by atoms with E-state index in [0.717, 1.165) is 37.8 Å². The van der Waals surface area contributed by atoms with Gasteiger partial charge >= 0.3 is 6.18 Å². The van der Waals surface area contributed by atoms with Gasteiger partial charge in [-0.25, -0.2) is 14.5 Å². The first-order chi connectivity index (χ1) is 17.2. The van der Waals surface area contributed by atoms with Crippen molar-refractivity contribution in [2.45, 2.75) is 32.9 Å². The molecule has 1 amide bonds. The first-order valence-corrected chi connectivity index (χ1v) is 11.8. The van der Waals surface area contributed by atoms with Gasteiger partial charge in [0.05, 0.1) is 17.5 Å². The van der Waals surface area contributed by atoms with Crippen LogP contribution in [0.4, 0.5) is 24.8 Å². The quantitative estimate of drug-likeness (QED) is 0.373. The molecule has 0 spiro atoms. The van der Waals surface area contributed by atoms with Crippen molar-refractivity contribution >= 4 is 23.2 Å². The maximum absolute atomic E-state index is 13.5. The number of carbonyl (C=O) groups is 1. The fraction of sp³-hybridized carbons (Fsp3) is 0.308. The summed E-state index contributed by atoms with van der Waals surface area (Å²) in [4.78, 5) is 24.0. The molecule has 0 bridgehead atoms. The molecule has 1 fully saturated rings. The van der Waals surface area contributed by atoms with Crippen LogP contribution in [-0.4, -0.2) is 38.6 Å². The summed E-state index contributed by atoms with van der Waals surface area (Å²) in [6.45, 7) is 6.23. The summed E-state index contributed by atoms with van der Waals surface area (Å²) in [6.07, 6.45) is -0.989. The van der Waals surface area contributed by atoms with Gasteiger partial charge in [-0.15, -0.1) is 0 Å². The molecule has 5 rings (SSSR count). The molecular weight excluding hydrogens is 469 g/mol. The Morgan fingerprint density at radius 1 is 1.03 bits per heavy atom. The number of aromatic nitrogens is 4. The number of nitrogens with zero attached hydrogens (tertiary/aromatic N) is 5. The molecule has 36 heavy (non-hydrogen) atoms. The molecule has 1 aromatic carbocycles. The minimum absolute atomic E-state index is 0.0777. The van der Waals surface area contributed by atoms with Crippen LogP contribution in [0, 0.1) is 5.41 Å². The van der Waals surface area contributed by atoms with Crippen LogP contribution >= 0.6 is 0 Å². The second kappa shape index (κ2) is 8.92. The topological polar surface area (TPSA) is 75.4 Å². The molecule has 1 aliphatic heterocycles. The minimum atomic E-state index is -4.54. The summed E-state index contributed by atoms with van der Waals surface area (Å²) < 4.78 is 41.8. The number of imidazole rings is 1. The Balaban J connectivity index is 1.40. The van der Waals surface area contributed by atoms with Crippen LogP contribution in [0.3, 0.4) is 0 Å². The maximum Gasteiger partial charge on any atom is 0.417 e. The van der Waals surface area contributed by atoms with E-state index in [1.54, 1.807) is 6.07 Å². The third-order valence-corrected chi connectivity index (χ3v) is 6.96. The zero-order chi connectivity index (χ0) is 25.5. The maximum atomic E-state index is 13.5. The van der Waals surface area contributed by atoms with E-state index in [1.807, 2.05) is 12.1 Å². The number of rotatable bonds is 6. The zero-order valence-electron chi connectivity index (χ0n) is 19.9. The molecule has 4 aromatic rings. The normalized spacial score (nSPS) is 15.1. The van der Waals surface area contributed by atoms with Crippen LogP contribution in [-0.2, 0) is 6.18 Å². The van der Waals surface area contributed by atoms with Gasteiger partial charge in [-0.3, -0.25) is 4.79 Å². The fourth-order valence-electron chi connectivity index (χ4n) is 4.60. The number of carbonyl (C=O) groups excluding carboxylic acids is 1. The summed E-state index contributed by atoms with van der Waals surface area (Å²) in [5, 5.41) is 7.08. The monoisotopic (exact) mass is 494 g/mol. The van der Waals surface area contributed by atoms with Crippen molar-refractivity contribution in [1.82, 2.24) is 19.6 Å². The van der Waals surface area contributed by atoms with Crippen molar-refractivity contribution in [1.29, 1.82) is 0 Å². The summed E-state index contributed by atoms with van der Waals surface area (Å²) in [5.74, 6) is 0.644. The molecule has 0 saturated carbocycles. The largest absolute Gasteiger partial charge is 0.417 e. The lowest BCUT2D eigenvalue weighted by Crippen LogP contribution is -2.56. The van der Waals surface area contributed by atoms with Gasteiger partial charge in [0.15, 0.2) is 11.3 Å². The number of amides is 1. The van der Waals surface area contributed by atoms with Gasteiger partial charge in [-0.05, 0) is 43.2 Å². The van der Waals surface area contributed by atoms with Crippen LogP contribution in [0.1, 0.15) is 42.7 Å². The van der Waals surface area contributed by atoms with E-state index in [2.05, 4.69) is 39.1 Å². The van der Waals surface area contributed by atoms with Crippen LogP contribution in [0.5, 0.6) is 0 Å². The van der Waals surface area contributed by atoms with Crippen LogP contribution in [0.2, 0.25) is 0 Å². The lowest BCUT2D eigenvalue weighted by atomic mass is 9.75. The predicted octanol–water partition coefficient (Wildman–Crippen LogP) is 5.69. The van der Waals surface area contributed by atoms with Gasteiger partial charge in [0.1, 0.15) is 11.6 Å². The van der Waals surface area contributed by atoms with Crippen molar-refractivity contribution in [3.8, 4) is 11.3 Å². The number of anilines is 2. The molecule has 1 N–H and O–H groups in total. The second-order valence-electron chi connectivity index (χ2n) is 9.07. The van der Waals surface area contributed by atoms with Crippen LogP contribution in [0.25, 0.3) is 16.9 Å². The molecule has 3 aromatic heterocycles. The molecule has 0 aliphatic carbocycles. The van der Waals surface area contributed by atoms with E-state index < -0.39 is 17.6 Å². The third kappa shape index (κ3) is 4.27. The average Bonchev–Trinajstić information content (AvgIpc) is 3.27. The SMILES string of the molecule is CCC1(CC)CN(c2cccc(NC(=O)c3cnc4ccc(-c5ccccc5C(F)(F)F)nn34)n2)C1. The molecule has 10 heteroatoms. The molecular formula is C26H25F3N6O. The lowest BCUT2D eigenvalue weighted by Gasteiger charge is -2.50. The van der Waals surface area contributed by atoms with Crippen molar-refractivity contribution in [2.24, 2.45) is 5.41 Å². The van der Waals surface area contributed by atoms with Crippen molar-refractivity contribution in [2.75, 3.05) is 23.3 Å². The highest BCUT2D eigenvalue weighted by molar-refractivity contribution is 6.03. The number of hydrogen-bond donors (Lipinski definition) is 1. The zero-order valence-corrected chi connectivity index (χ0v) is 19.9. The van der Waals surface area contributed by atoms with E-state index in [-0.39, 0.29) is 17.0 Å². The molecule has 1 aliphatic rings. The molecule has 4 heterocycles. The van der Waals surface area contributed by atoms with Crippen molar-refractivity contribution < 1.29 is 18.0 Å². The van der Waals surface area contributed by atoms with Crippen LogP contribution < -0.4 is 10.2 Å². The Labute approximate surface area is 206 Å². The Morgan fingerprint density at radius 3 is 2.50 bits per heavy atom. The van der Waals surface area contributed by atoms with E-state index in [9.17, 15) is 18.0 Å². The number of nitrogens with one attached hydrogen (secondary N) is 1. The molecule has 0 atom stereocenters. The first-order valence-electron chi connectivity index (χ1n) is 11.8. The number of hydrogen-bond acceptors (Lipinski definition) is 5. The summed E-state index contributed by atoms with van der Waals surface area (Å²) in [6, 6.07) is 13.6. The average molecular weight is 495 g/mol. The first kappa shape index (κ1) is 23.8. The lowest BCUT2D eigenvalue weighted by molar-refractivity contribution is -0.137. The summed E-state index contributed by atoms with van der Waals surface area (Å²) >= 11 is 0. The molecule has 7 nitrogen and oxygen atoms in total. The van der Waals surface area contributed by atoms with E-state index in [4.69, 9.17) is 0 Å². The van der Waals surface area contributed by atoms with Crippen LogP contribution in [0.15, 0.2) is 60.8 Å². The minimum Gasteiger partial charge on any atom is -0.355 e. The highest BCUT2D eigenvalue weighted by Crippen LogP contribution is 2.39. The van der Waals surface area contributed by atoms with Gasteiger partial charge in [0.25, 0.3) is 5.91 Å². The van der Waals surface area contributed by atoms with Crippen molar-refractivity contribution in [3.05, 3.63) is 72.1 Å². The molecule has 186 valence electrons. The smallest absolute Gasteiger partial charge is 0.355 e. The number of alkyl halides is 3. The molecule has 1 saturated heterocycles. The predicted molar refractivity (Wildman–Crippen MR) is 131 cm³/mol. The molecule has 0 unspecified atom stereocenters. The summed E-state index contributed by atoms with van der Waals surface area (Å²) in [5.41, 5.74) is -0.0625. The fourth-order valence-corrected chi connectivity index (χ4v) is 4.60. The van der Waals surface area contributed by atoms with Gasteiger partial charge in [0.2, 0.25) is 0 Å². The van der Waals surface area contributed by atoms with Gasteiger partial charge in [0, 0.05) is 24.1 Å². The second-order valence-corrected chi connectivity index (χ2v) is 9.07. The Kier molecular flexibility index (Phi) is 5.89. The van der Waals surface area contributed by atoms with Gasteiger partial charge in [-0.1, -0.05) is 38.1 Å². The van der Waals surface area contributed by atoms with E-state index in [1.165, 1.54) is 41.0 Å². The van der Waals surface area contributed by atoms with Gasteiger partial charge < -0.3 is 10.2 Å². The Bertz CT molecular complexity index is 1420. The Hall–Kier alpha value is -3.95. The Morgan fingerprint density at radius 2 is 1.78 bits per heavy atom. The van der Waals surface area contributed by atoms with E-state index in [0.29, 0.717) is 16.9 Å². The standard InChI is InChI=1S/C26H25F3N6O/c1-3-25(4-2)15-34(16-25)23-11-7-10-21(31-23)32-24(36)20-14-30-22-13-12-19(33-35(20)22)17-8-5-6-9-18(17)26(27,28)29/h5-14H,3-4,15-16H2,1-2H3,(H,31,32,36). The van der Waals surface area contributed by atoms with E-state index >= 15 is 0 Å². The number of benzene rings is 1. The van der Waals surface area contributed by atoms with Gasteiger partial charge in [-0.2, -0.15) is 18.3 Å².